The first kappa shape index (κ1) is 11.4. The second kappa shape index (κ2) is 5.82. The molecule has 0 aliphatic heterocycles. The maximum atomic E-state index is 4.35. The molecule has 0 bridgehead atoms. The maximum absolute atomic E-state index is 4.35. The van der Waals surface area contributed by atoms with Crippen LogP contribution in [0.5, 0.6) is 0 Å². The lowest BCUT2D eigenvalue weighted by atomic mass is 10.4. The van der Waals surface area contributed by atoms with Crippen molar-refractivity contribution in [2.75, 3.05) is 6.54 Å². The van der Waals surface area contributed by atoms with Crippen LogP contribution in [0, 0.1) is 0 Å². The first-order valence-corrected chi connectivity index (χ1v) is 6.52. The molecule has 4 heteroatoms. The van der Waals surface area contributed by atoms with Gasteiger partial charge in [0.2, 0.25) is 0 Å². The zero-order chi connectivity index (χ0) is 11.2. The van der Waals surface area contributed by atoms with Gasteiger partial charge in [-0.25, -0.2) is 0 Å². The molecular formula is C12H17N3S. The van der Waals surface area contributed by atoms with Gasteiger partial charge in [0.05, 0.1) is 12.2 Å². The quantitative estimate of drug-likeness (QED) is 0.780. The number of hydrogen-bond acceptors (Lipinski definition) is 3. The van der Waals surface area contributed by atoms with Crippen LogP contribution in [0.3, 0.4) is 0 Å². The van der Waals surface area contributed by atoms with Gasteiger partial charge in [-0.15, -0.1) is 11.3 Å². The van der Waals surface area contributed by atoms with Gasteiger partial charge in [-0.05, 0) is 30.5 Å². The third-order valence-corrected chi connectivity index (χ3v) is 3.28. The third kappa shape index (κ3) is 2.93. The molecule has 0 aromatic carbocycles. The fourth-order valence-electron chi connectivity index (χ4n) is 1.60. The van der Waals surface area contributed by atoms with Crippen molar-refractivity contribution >= 4 is 11.3 Å². The average Bonchev–Trinajstić information content (AvgIpc) is 2.92. The summed E-state index contributed by atoms with van der Waals surface area (Å²) in [6, 6.07) is 6.31. The first-order valence-electron chi connectivity index (χ1n) is 5.64. The van der Waals surface area contributed by atoms with Crippen LogP contribution in [0.25, 0.3) is 0 Å². The lowest BCUT2D eigenvalue weighted by Crippen LogP contribution is -2.17. The Morgan fingerprint density at radius 2 is 2.38 bits per heavy atom. The molecule has 0 amide bonds. The van der Waals surface area contributed by atoms with Crippen LogP contribution in [0.1, 0.15) is 23.9 Å². The van der Waals surface area contributed by atoms with E-state index in [0.29, 0.717) is 0 Å². The second-order valence-corrected chi connectivity index (χ2v) is 4.77. The van der Waals surface area contributed by atoms with Gasteiger partial charge in [0.25, 0.3) is 0 Å². The van der Waals surface area contributed by atoms with Crippen LogP contribution in [-0.2, 0) is 13.1 Å². The summed E-state index contributed by atoms with van der Waals surface area (Å²) in [5.41, 5.74) is 1.25. The molecule has 1 N–H and O–H groups in total. The van der Waals surface area contributed by atoms with E-state index in [-0.39, 0.29) is 0 Å². The molecule has 0 saturated heterocycles. The SMILES string of the molecule is CCCNCc1ccnn1Cc1cccs1. The van der Waals surface area contributed by atoms with E-state index in [2.05, 4.69) is 45.6 Å². The summed E-state index contributed by atoms with van der Waals surface area (Å²) in [5.74, 6) is 0. The molecule has 0 saturated carbocycles. The van der Waals surface area contributed by atoms with Crippen molar-refractivity contribution in [2.45, 2.75) is 26.4 Å². The molecule has 0 spiro atoms. The van der Waals surface area contributed by atoms with Crippen LogP contribution in [0.2, 0.25) is 0 Å². The summed E-state index contributed by atoms with van der Waals surface area (Å²) < 4.78 is 2.06. The predicted molar refractivity (Wildman–Crippen MR) is 67.6 cm³/mol. The highest BCUT2D eigenvalue weighted by atomic mass is 32.1. The molecule has 0 unspecified atom stereocenters. The highest BCUT2D eigenvalue weighted by molar-refractivity contribution is 7.09. The van der Waals surface area contributed by atoms with E-state index in [1.54, 1.807) is 11.3 Å². The first-order chi connectivity index (χ1) is 7.90. The fraction of sp³-hybridized carbons (Fsp3) is 0.417. The molecule has 2 aromatic heterocycles. The maximum Gasteiger partial charge on any atom is 0.0755 e. The van der Waals surface area contributed by atoms with Gasteiger partial charge in [-0.1, -0.05) is 13.0 Å². The topological polar surface area (TPSA) is 29.9 Å². The van der Waals surface area contributed by atoms with Crippen molar-refractivity contribution in [3.63, 3.8) is 0 Å². The van der Waals surface area contributed by atoms with E-state index >= 15 is 0 Å². The normalized spacial score (nSPS) is 10.8. The lowest BCUT2D eigenvalue weighted by Gasteiger charge is -2.07. The van der Waals surface area contributed by atoms with Gasteiger partial charge in [0, 0.05) is 17.6 Å². The van der Waals surface area contributed by atoms with Crippen LogP contribution < -0.4 is 5.32 Å². The van der Waals surface area contributed by atoms with Gasteiger partial charge >= 0.3 is 0 Å². The highest BCUT2D eigenvalue weighted by Gasteiger charge is 2.03. The second-order valence-electron chi connectivity index (χ2n) is 3.74. The Bertz CT molecular complexity index is 406. The van der Waals surface area contributed by atoms with Crippen molar-refractivity contribution in [3.05, 3.63) is 40.3 Å². The van der Waals surface area contributed by atoms with E-state index < -0.39 is 0 Å². The van der Waals surface area contributed by atoms with Crippen molar-refractivity contribution in [1.82, 2.24) is 15.1 Å². The number of rotatable bonds is 6. The minimum atomic E-state index is 0.883. The number of nitrogens with zero attached hydrogens (tertiary/aromatic N) is 2. The highest BCUT2D eigenvalue weighted by Crippen LogP contribution is 2.11. The molecule has 2 heterocycles. The predicted octanol–water partition coefficient (Wildman–Crippen LogP) is 2.49. The Kier molecular flexibility index (Phi) is 4.13. The van der Waals surface area contributed by atoms with E-state index in [9.17, 15) is 0 Å². The van der Waals surface area contributed by atoms with Crippen molar-refractivity contribution in [3.8, 4) is 0 Å². The minimum Gasteiger partial charge on any atom is -0.311 e. The zero-order valence-electron chi connectivity index (χ0n) is 9.52. The smallest absolute Gasteiger partial charge is 0.0755 e. The Labute approximate surface area is 100 Å². The number of nitrogens with one attached hydrogen (secondary N) is 1. The zero-order valence-corrected chi connectivity index (χ0v) is 10.3. The van der Waals surface area contributed by atoms with Crippen molar-refractivity contribution in [1.29, 1.82) is 0 Å². The standard InChI is InChI=1S/C12H17N3S/c1-2-6-13-9-11-5-7-14-15(11)10-12-4-3-8-16-12/h3-5,7-8,13H,2,6,9-10H2,1H3. The van der Waals surface area contributed by atoms with Gasteiger partial charge in [-0.3, -0.25) is 4.68 Å². The summed E-state index contributed by atoms with van der Waals surface area (Å²) in [6.07, 6.45) is 3.04. The van der Waals surface area contributed by atoms with Crippen LogP contribution in [0.15, 0.2) is 29.8 Å². The van der Waals surface area contributed by atoms with Crippen molar-refractivity contribution < 1.29 is 0 Å². The van der Waals surface area contributed by atoms with Gasteiger partial charge in [0.15, 0.2) is 0 Å². The molecule has 3 nitrogen and oxygen atoms in total. The fourth-order valence-corrected chi connectivity index (χ4v) is 2.28. The summed E-state index contributed by atoms with van der Waals surface area (Å²) in [4.78, 5) is 1.35. The number of aromatic nitrogens is 2. The third-order valence-electron chi connectivity index (χ3n) is 2.42. The molecule has 0 aliphatic carbocycles. The summed E-state index contributed by atoms with van der Waals surface area (Å²) in [6.45, 7) is 5.02. The van der Waals surface area contributed by atoms with Crippen LogP contribution in [0.4, 0.5) is 0 Å². The van der Waals surface area contributed by atoms with Crippen molar-refractivity contribution in [2.24, 2.45) is 0 Å². The molecule has 0 fully saturated rings. The molecule has 2 aromatic rings. The summed E-state index contributed by atoms with van der Waals surface area (Å²) in [7, 11) is 0. The largest absolute Gasteiger partial charge is 0.311 e. The molecule has 2 rings (SSSR count). The summed E-state index contributed by atoms with van der Waals surface area (Å²) in [5, 5.41) is 9.86. The monoisotopic (exact) mass is 235 g/mol. The van der Waals surface area contributed by atoms with Gasteiger partial charge < -0.3 is 5.32 Å². The number of thiophene rings is 1. The molecule has 16 heavy (non-hydrogen) atoms. The van der Waals surface area contributed by atoms with E-state index in [4.69, 9.17) is 0 Å². The van der Waals surface area contributed by atoms with E-state index in [1.165, 1.54) is 17.0 Å². The molecule has 86 valence electrons. The van der Waals surface area contributed by atoms with E-state index in [0.717, 1.165) is 19.6 Å². The Balaban J connectivity index is 1.96. The average molecular weight is 235 g/mol. The van der Waals surface area contributed by atoms with E-state index in [1.807, 2.05) is 6.20 Å². The lowest BCUT2D eigenvalue weighted by molar-refractivity contribution is 0.595. The molecular weight excluding hydrogens is 218 g/mol. The summed E-state index contributed by atoms with van der Waals surface area (Å²) >= 11 is 1.78. The Morgan fingerprint density at radius 3 is 3.12 bits per heavy atom. The Hall–Kier alpha value is -1.13. The van der Waals surface area contributed by atoms with Gasteiger partial charge in [0.1, 0.15) is 0 Å². The number of hydrogen-bond donors (Lipinski definition) is 1. The molecule has 0 radical (unpaired) electrons. The van der Waals surface area contributed by atoms with Crippen LogP contribution in [-0.4, -0.2) is 16.3 Å². The molecule has 0 atom stereocenters. The van der Waals surface area contributed by atoms with Crippen LogP contribution >= 0.6 is 11.3 Å². The van der Waals surface area contributed by atoms with Gasteiger partial charge in [-0.2, -0.15) is 5.10 Å². The molecule has 0 aliphatic rings. The minimum absolute atomic E-state index is 0.883. The Morgan fingerprint density at radius 1 is 1.44 bits per heavy atom.